The molecule has 4 heteroatoms. The number of halogens is 1. The van der Waals surface area contributed by atoms with Crippen molar-refractivity contribution < 1.29 is 4.74 Å². The van der Waals surface area contributed by atoms with E-state index in [1.165, 1.54) is 5.56 Å². The maximum Gasteiger partial charge on any atom is 0.0599 e. The number of nitrogens with two attached hydrogens (primary N) is 1. The van der Waals surface area contributed by atoms with E-state index in [1.54, 1.807) is 7.11 Å². The molecule has 20 heavy (non-hydrogen) atoms. The Morgan fingerprint density at radius 1 is 1.35 bits per heavy atom. The fourth-order valence-corrected chi connectivity index (χ4v) is 3.00. The molecule has 3 unspecified atom stereocenters. The summed E-state index contributed by atoms with van der Waals surface area (Å²) in [6.45, 7) is 5.20. The predicted molar refractivity (Wildman–Crippen MR) is 86.6 cm³/mol. The molecule has 1 aromatic rings. The molecule has 0 bridgehead atoms. The normalized spacial score (nSPS) is 24.9. The van der Waals surface area contributed by atoms with Crippen LogP contribution in [0.4, 0.5) is 0 Å². The highest BCUT2D eigenvalue weighted by Crippen LogP contribution is 2.23. The van der Waals surface area contributed by atoms with Gasteiger partial charge in [-0.15, -0.1) is 12.4 Å². The summed E-state index contributed by atoms with van der Waals surface area (Å²) >= 11 is 0. The van der Waals surface area contributed by atoms with Crippen LogP contribution in [0, 0.1) is 0 Å². The molecule has 1 aromatic carbocycles. The maximum absolute atomic E-state index is 5.93. The van der Waals surface area contributed by atoms with Crippen LogP contribution >= 0.6 is 12.4 Å². The summed E-state index contributed by atoms with van der Waals surface area (Å²) in [5.74, 6) is 0.550. The first kappa shape index (κ1) is 17.4. The van der Waals surface area contributed by atoms with Crippen molar-refractivity contribution in [3.05, 3.63) is 35.9 Å². The smallest absolute Gasteiger partial charge is 0.0599 e. The second-order valence-corrected chi connectivity index (χ2v) is 5.58. The van der Waals surface area contributed by atoms with Crippen molar-refractivity contribution in [3.8, 4) is 0 Å². The van der Waals surface area contributed by atoms with Crippen LogP contribution in [0.3, 0.4) is 0 Å². The molecule has 3 atom stereocenters. The van der Waals surface area contributed by atoms with Crippen LogP contribution in [0.25, 0.3) is 0 Å². The number of benzene rings is 1. The minimum absolute atomic E-state index is 0. The fraction of sp³-hybridized carbons (Fsp3) is 0.625. The first-order valence-electron chi connectivity index (χ1n) is 7.26. The van der Waals surface area contributed by atoms with Gasteiger partial charge in [-0.1, -0.05) is 37.3 Å². The Morgan fingerprint density at radius 3 is 2.65 bits per heavy atom. The zero-order chi connectivity index (χ0) is 13.7. The van der Waals surface area contributed by atoms with E-state index in [2.05, 4.69) is 42.2 Å². The lowest BCUT2D eigenvalue weighted by molar-refractivity contribution is 0.0117. The van der Waals surface area contributed by atoms with Crippen LogP contribution in [-0.2, 0) is 4.74 Å². The first-order valence-corrected chi connectivity index (χ1v) is 7.26. The molecule has 0 aliphatic carbocycles. The Labute approximate surface area is 128 Å². The molecule has 1 aliphatic heterocycles. The summed E-state index contributed by atoms with van der Waals surface area (Å²) in [7, 11) is 1.81. The minimum atomic E-state index is 0. The largest absolute Gasteiger partial charge is 0.381 e. The summed E-state index contributed by atoms with van der Waals surface area (Å²) in [6.07, 6.45) is 2.57. The van der Waals surface area contributed by atoms with Gasteiger partial charge in [0, 0.05) is 32.8 Å². The summed E-state index contributed by atoms with van der Waals surface area (Å²) in [6, 6.07) is 11.2. The van der Waals surface area contributed by atoms with Crippen LogP contribution in [0.15, 0.2) is 30.3 Å². The molecule has 1 fully saturated rings. The molecule has 1 heterocycles. The average molecular weight is 299 g/mol. The number of nitrogens with zero attached hydrogens (tertiary/aromatic N) is 1. The van der Waals surface area contributed by atoms with Crippen molar-refractivity contribution in [1.29, 1.82) is 0 Å². The van der Waals surface area contributed by atoms with Crippen molar-refractivity contribution >= 4 is 12.4 Å². The zero-order valence-corrected chi connectivity index (χ0v) is 13.3. The Morgan fingerprint density at radius 2 is 2.05 bits per heavy atom. The molecule has 3 nitrogen and oxygen atoms in total. The summed E-state index contributed by atoms with van der Waals surface area (Å²) in [5.41, 5.74) is 7.34. The standard InChI is InChI=1S/C16H26N2O.ClH/c1-13(14-6-4-3-5-7-14)12-18-9-8-16(19-2)10-15(18)11-17;/h3-7,13,15-16H,8-12,17H2,1-2H3;1H. The van der Waals surface area contributed by atoms with Gasteiger partial charge in [0.05, 0.1) is 6.10 Å². The molecule has 0 spiro atoms. The van der Waals surface area contributed by atoms with Crippen LogP contribution in [0.1, 0.15) is 31.2 Å². The van der Waals surface area contributed by atoms with E-state index in [-0.39, 0.29) is 12.4 Å². The topological polar surface area (TPSA) is 38.5 Å². The monoisotopic (exact) mass is 298 g/mol. The molecular formula is C16H27ClN2O. The number of ether oxygens (including phenoxy) is 1. The lowest BCUT2D eigenvalue weighted by atomic mass is 9.95. The quantitative estimate of drug-likeness (QED) is 0.908. The van der Waals surface area contributed by atoms with Crippen molar-refractivity contribution in [2.75, 3.05) is 26.7 Å². The molecule has 0 amide bonds. The summed E-state index contributed by atoms with van der Waals surface area (Å²) in [4.78, 5) is 2.53. The number of rotatable bonds is 5. The van der Waals surface area contributed by atoms with Crippen molar-refractivity contribution in [3.63, 3.8) is 0 Å². The van der Waals surface area contributed by atoms with Gasteiger partial charge in [-0.05, 0) is 24.3 Å². The lowest BCUT2D eigenvalue weighted by Gasteiger charge is -2.39. The van der Waals surface area contributed by atoms with Crippen LogP contribution in [0.2, 0.25) is 0 Å². The number of piperidine rings is 1. The van der Waals surface area contributed by atoms with Crippen LogP contribution in [-0.4, -0.2) is 43.8 Å². The van der Waals surface area contributed by atoms with Gasteiger partial charge in [-0.2, -0.15) is 0 Å². The number of hydrogen-bond acceptors (Lipinski definition) is 3. The first-order chi connectivity index (χ1) is 9.24. The van der Waals surface area contributed by atoms with Gasteiger partial charge in [0.25, 0.3) is 0 Å². The molecule has 0 aromatic heterocycles. The zero-order valence-electron chi connectivity index (χ0n) is 12.5. The Bertz CT molecular complexity index is 374. The molecule has 114 valence electrons. The average Bonchev–Trinajstić information content (AvgIpc) is 2.48. The number of methoxy groups -OCH3 is 1. The molecule has 2 N–H and O–H groups in total. The van der Waals surface area contributed by atoms with E-state index < -0.39 is 0 Å². The van der Waals surface area contributed by atoms with E-state index in [9.17, 15) is 0 Å². The third kappa shape index (κ3) is 4.45. The van der Waals surface area contributed by atoms with Gasteiger partial charge in [0.1, 0.15) is 0 Å². The van der Waals surface area contributed by atoms with Crippen LogP contribution in [0.5, 0.6) is 0 Å². The van der Waals surface area contributed by atoms with Gasteiger partial charge in [-0.3, -0.25) is 4.90 Å². The predicted octanol–water partition coefficient (Wildman–Crippen LogP) is 2.65. The molecule has 1 saturated heterocycles. The molecule has 1 aliphatic rings. The van der Waals surface area contributed by atoms with Crippen LogP contribution < -0.4 is 5.73 Å². The Kier molecular flexibility index (Phi) is 7.52. The highest BCUT2D eigenvalue weighted by molar-refractivity contribution is 5.85. The SMILES string of the molecule is COC1CCN(CC(C)c2ccccc2)C(CN)C1.Cl. The van der Waals surface area contributed by atoms with Gasteiger partial charge in [0.2, 0.25) is 0 Å². The Balaban J connectivity index is 0.00000200. The molecule has 0 saturated carbocycles. The Hall–Kier alpha value is -0.610. The third-order valence-electron chi connectivity index (χ3n) is 4.27. The second-order valence-electron chi connectivity index (χ2n) is 5.58. The van der Waals surface area contributed by atoms with E-state index >= 15 is 0 Å². The molecule has 0 radical (unpaired) electrons. The fourth-order valence-electron chi connectivity index (χ4n) is 3.00. The third-order valence-corrected chi connectivity index (χ3v) is 4.27. The molecular weight excluding hydrogens is 272 g/mol. The highest BCUT2D eigenvalue weighted by Gasteiger charge is 2.28. The number of likely N-dealkylation sites (tertiary alicyclic amines) is 1. The van der Waals surface area contributed by atoms with Gasteiger partial charge >= 0.3 is 0 Å². The highest BCUT2D eigenvalue weighted by atomic mass is 35.5. The van der Waals surface area contributed by atoms with E-state index in [1.807, 2.05) is 0 Å². The lowest BCUT2D eigenvalue weighted by Crippen LogP contribution is -2.49. The van der Waals surface area contributed by atoms with Crippen molar-refractivity contribution in [2.24, 2.45) is 5.73 Å². The maximum atomic E-state index is 5.93. The second kappa shape index (κ2) is 8.63. The van der Waals surface area contributed by atoms with Gasteiger partial charge < -0.3 is 10.5 Å². The minimum Gasteiger partial charge on any atom is -0.381 e. The van der Waals surface area contributed by atoms with E-state index in [0.717, 1.165) is 32.5 Å². The van der Waals surface area contributed by atoms with E-state index in [0.29, 0.717) is 18.1 Å². The molecule has 2 rings (SSSR count). The van der Waals surface area contributed by atoms with Gasteiger partial charge in [0.15, 0.2) is 0 Å². The summed E-state index contributed by atoms with van der Waals surface area (Å²) in [5, 5.41) is 0. The van der Waals surface area contributed by atoms with Crippen molar-refractivity contribution in [1.82, 2.24) is 4.90 Å². The summed E-state index contributed by atoms with van der Waals surface area (Å²) < 4.78 is 5.48. The van der Waals surface area contributed by atoms with E-state index in [4.69, 9.17) is 10.5 Å². The van der Waals surface area contributed by atoms with Crippen molar-refractivity contribution in [2.45, 2.75) is 37.8 Å². The van der Waals surface area contributed by atoms with Gasteiger partial charge in [-0.25, -0.2) is 0 Å². The number of hydrogen-bond donors (Lipinski definition) is 1.